The maximum atomic E-state index is 12.9. The molecule has 1 fully saturated rings. The van der Waals surface area contributed by atoms with Crippen molar-refractivity contribution in [3.05, 3.63) is 52.8 Å². The van der Waals surface area contributed by atoms with Gasteiger partial charge in [-0.3, -0.25) is 4.79 Å². The Kier molecular flexibility index (Phi) is 6.75. The van der Waals surface area contributed by atoms with E-state index in [0.717, 1.165) is 41.1 Å². The number of carbonyl (C=O) groups excluding carboxylic acids is 1. The lowest BCUT2D eigenvalue weighted by Gasteiger charge is -2.16. The Morgan fingerprint density at radius 2 is 1.97 bits per heavy atom. The van der Waals surface area contributed by atoms with E-state index in [1.807, 2.05) is 29.0 Å². The third-order valence-electron chi connectivity index (χ3n) is 5.45. The van der Waals surface area contributed by atoms with Crippen LogP contribution in [0.2, 0.25) is 0 Å². The van der Waals surface area contributed by atoms with Crippen LogP contribution in [-0.2, 0) is 16.6 Å². The van der Waals surface area contributed by atoms with Crippen molar-refractivity contribution in [1.82, 2.24) is 8.87 Å². The number of methoxy groups -OCH3 is 1. The van der Waals surface area contributed by atoms with E-state index < -0.39 is 15.9 Å². The number of ether oxygens (including phenoxy) is 1. The summed E-state index contributed by atoms with van der Waals surface area (Å²) in [5.74, 6) is 1.24. The highest BCUT2D eigenvalue weighted by molar-refractivity contribution is 7.98. The minimum absolute atomic E-state index is 0.0830. The second kappa shape index (κ2) is 9.38. The van der Waals surface area contributed by atoms with Crippen molar-refractivity contribution < 1.29 is 17.9 Å². The number of carbonyl (C=O) groups is 1. The monoisotopic (exact) mass is 491 g/mol. The number of aromatic nitrogens is 1. The molecule has 1 aliphatic rings. The Bertz CT molecular complexity index is 1310. The van der Waals surface area contributed by atoms with Gasteiger partial charge in [-0.05, 0) is 61.6 Å². The van der Waals surface area contributed by atoms with Gasteiger partial charge >= 0.3 is 0 Å². The van der Waals surface area contributed by atoms with Crippen molar-refractivity contribution in [3.8, 4) is 5.75 Å². The molecule has 0 aliphatic heterocycles. The summed E-state index contributed by atoms with van der Waals surface area (Å²) in [6, 6.07) is 11.9. The Morgan fingerprint density at radius 3 is 2.59 bits per heavy atom. The van der Waals surface area contributed by atoms with Crippen LogP contribution in [-0.4, -0.2) is 55.4 Å². The number of amides is 1. The van der Waals surface area contributed by atoms with Gasteiger partial charge in [-0.15, -0.1) is 0 Å². The first-order valence-corrected chi connectivity index (χ1v) is 13.8. The minimum atomic E-state index is -3.54. The highest BCUT2D eigenvalue weighted by Crippen LogP contribution is 2.30. The molecule has 0 unspecified atom stereocenters. The summed E-state index contributed by atoms with van der Waals surface area (Å²) in [5, 5.41) is 0. The lowest BCUT2D eigenvalue weighted by molar-refractivity contribution is 0.0997. The molecule has 4 rings (SSSR count). The Labute approximate surface area is 195 Å². The molecule has 32 heavy (non-hydrogen) atoms. The fourth-order valence-corrected chi connectivity index (χ4v) is 6.25. The van der Waals surface area contributed by atoms with E-state index in [1.54, 1.807) is 25.9 Å². The SMILES string of the molecule is COc1ccc2c(c1)sc(=NC(=O)c1ccc(S(=O)(=O)N(C)C3CC3)cc1)n2CCSC. The van der Waals surface area contributed by atoms with E-state index in [-0.39, 0.29) is 10.9 Å². The van der Waals surface area contributed by atoms with Crippen molar-refractivity contribution >= 4 is 49.2 Å². The van der Waals surface area contributed by atoms with Crippen molar-refractivity contribution in [2.75, 3.05) is 26.2 Å². The number of fused-ring (bicyclic) bond motifs is 1. The fourth-order valence-electron chi connectivity index (χ4n) is 3.39. The number of aryl methyl sites for hydroxylation is 1. The van der Waals surface area contributed by atoms with Crippen LogP contribution in [0.3, 0.4) is 0 Å². The first-order chi connectivity index (χ1) is 15.3. The van der Waals surface area contributed by atoms with Crippen LogP contribution >= 0.6 is 23.1 Å². The molecule has 0 saturated heterocycles. The molecule has 0 N–H and O–H groups in total. The Balaban J connectivity index is 1.66. The molecule has 2 aromatic carbocycles. The number of thiazole rings is 1. The van der Waals surface area contributed by atoms with Crippen LogP contribution in [0.1, 0.15) is 23.2 Å². The fraction of sp³-hybridized carbons (Fsp3) is 0.364. The molecule has 1 aromatic heterocycles. The van der Waals surface area contributed by atoms with Crippen molar-refractivity contribution in [1.29, 1.82) is 0 Å². The summed E-state index contributed by atoms with van der Waals surface area (Å²) in [5.41, 5.74) is 1.35. The quantitative estimate of drug-likeness (QED) is 0.481. The smallest absolute Gasteiger partial charge is 0.279 e. The minimum Gasteiger partial charge on any atom is -0.497 e. The second-order valence-electron chi connectivity index (χ2n) is 7.56. The summed E-state index contributed by atoms with van der Waals surface area (Å²) < 4.78 is 35.1. The zero-order valence-corrected chi connectivity index (χ0v) is 20.6. The summed E-state index contributed by atoms with van der Waals surface area (Å²) in [4.78, 5) is 18.1. The number of hydrogen-bond acceptors (Lipinski definition) is 6. The molecule has 0 atom stereocenters. The molecule has 1 heterocycles. The number of benzene rings is 2. The molecular weight excluding hydrogens is 466 g/mol. The largest absolute Gasteiger partial charge is 0.497 e. The van der Waals surface area contributed by atoms with Gasteiger partial charge < -0.3 is 9.30 Å². The molecule has 0 radical (unpaired) electrons. The average molecular weight is 492 g/mol. The van der Waals surface area contributed by atoms with E-state index in [1.165, 1.54) is 39.9 Å². The van der Waals surface area contributed by atoms with Crippen molar-refractivity contribution in [2.24, 2.45) is 4.99 Å². The number of rotatable bonds is 8. The Morgan fingerprint density at radius 1 is 1.25 bits per heavy atom. The molecule has 1 aliphatic carbocycles. The van der Waals surface area contributed by atoms with E-state index >= 15 is 0 Å². The molecule has 10 heteroatoms. The topological polar surface area (TPSA) is 81.0 Å². The van der Waals surface area contributed by atoms with Crippen molar-refractivity contribution in [2.45, 2.75) is 30.3 Å². The van der Waals surface area contributed by atoms with Gasteiger partial charge in [0, 0.05) is 31.0 Å². The molecule has 1 amide bonds. The third kappa shape index (κ3) is 4.63. The second-order valence-corrected chi connectivity index (χ2v) is 11.5. The molecule has 1 saturated carbocycles. The molecule has 170 valence electrons. The average Bonchev–Trinajstić information content (AvgIpc) is 3.59. The predicted molar refractivity (Wildman–Crippen MR) is 129 cm³/mol. The highest BCUT2D eigenvalue weighted by atomic mass is 32.2. The van der Waals surface area contributed by atoms with Gasteiger partial charge in [0.15, 0.2) is 4.80 Å². The van der Waals surface area contributed by atoms with Crippen molar-refractivity contribution in [3.63, 3.8) is 0 Å². The van der Waals surface area contributed by atoms with Gasteiger partial charge in [-0.2, -0.15) is 21.1 Å². The zero-order chi connectivity index (χ0) is 22.9. The Hall–Kier alpha value is -2.14. The molecule has 7 nitrogen and oxygen atoms in total. The van der Waals surface area contributed by atoms with E-state index in [0.29, 0.717) is 10.4 Å². The first kappa shape index (κ1) is 23.0. The standard InChI is InChI=1S/C22H25N3O4S3/c1-24(16-6-7-16)32(27,28)18-9-4-15(5-10-18)21(26)23-22-25(12-13-30-3)19-11-8-17(29-2)14-20(19)31-22/h4-5,8-11,14,16H,6-7,12-13H2,1-3H3. The van der Waals surface area contributed by atoms with Crippen LogP contribution in [0.4, 0.5) is 0 Å². The normalized spacial score (nSPS) is 14.9. The van der Waals surface area contributed by atoms with Gasteiger partial charge in [0.25, 0.3) is 5.91 Å². The number of thioether (sulfide) groups is 1. The zero-order valence-electron chi connectivity index (χ0n) is 18.1. The predicted octanol–water partition coefficient (Wildman–Crippen LogP) is 3.60. The molecule has 0 spiro atoms. The van der Waals surface area contributed by atoms with Crippen LogP contribution in [0.5, 0.6) is 5.75 Å². The van der Waals surface area contributed by atoms with Crippen LogP contribution in [0.25, 0.3) is 10.2 Å². The summed E-state index contributed by atoms with van der Waals surface area (Å²) in [7, 11) is -0.318. The van der Waals surface area contributed by atoms with E-state index in [4.69, 9.17) is 4.74 Å². The molecule has 3 aromatic rings. The summed E-state index contributed by atoms with van der Waals surface area (Å²) in [6.45, 7) is 0.726. The van der Waals surface area contributed by atoms with E-state index in [2.05, 4.69) is 4.99 Å². The molecular formula is C22H25N3O4S3. The van der Waals surface area contributed by atoms with Gasteiger partial charge in [0.2, 0.25) is 10.0 Å². The van der Waals surface area contributed by atoms with Crippen LogP contribution < -0.4 is 9.54 Å². The van der Waals surface area contributed by atoms with Crippen LogP contribution in [0, 0.1) is 0 Å². The van der Waals surface area contributed by atoms with Gasteiger partial charge in [0.1, 0.15) is 5.75 Å². The first-order valence-electron chi connectivity index (χ1n) is 10.2. The lowest BCUT2D eigenvalue weighted by Crippen LogP contribution is -2.28. The van der Waals surface area contributed by atoms with Gasteiger partial charge in [-0.25, -0.2) is 8.42 Å². The van der Waals surface area contributed by atoms with Crippen LogP contribution in [0.15, 0.2) is 52.4 Å². The van der Waals surface area contributed by atoms with Gasteiger partial charge in [-0.1, -0.05) is 11.3 Å². The third-order valence-corrected chi connectivity index (χ3v) is 9.00. The maximum Gasteiger partial charge on any atom is 0.279 e. The number of nitrogens with zero attached hydrogens (tertiary/aromatic N) is 3. The van der Waals surface area contributed by atoms with Gasteiger partial charge in [0.05, 0.1) is 22.2 Å². The summed E-state index contributed by atoms with van der Waals surface area (Å²) in [6.07, 6.45) is 3.82. The molecule has 0 bridgehead atoms. The van der Waals surface area contributed by atoms with E-state index in [9.17, 15) is 13.2 Å². The lowest BCUT2D eigenvalue weighted by atomic mass is 10.2. The summed E-state index contributed by atoms with van der Waals surface area (Å²) >= 11 is 3.16. The highest BCUT2D eigenvalue weighted by Gasteiger charge is 2.35. The number of sulfonamides is 1. The maximum absolute atomic E-state index is 12.9. The number of hydrogen-bond donors (Lipinski definition) is 0.